The van der Waals surface area contributed by atoms with Crippen LogP contribution in [-0.2, 0) is 9.53 Å². The summed E-state index contributed by atoms with van der Waals surface area (Å²) in [5.74, 6) is -0.162. The lowest BCUT2D eigenvalue weighted by Gasteiger charge is -2.21. The van der Waals surface area contributed by atoms with Gasteiger partial charge in [-0.25, -0.2) is 0 Å². The average molecular weight is 282 g/mol. The van der Waals surface area contributed by atoms with Crippen molar-refractivity contribution in [3.8, 4) is 0 Å². The van der Waals surface area contributed by atoms with E-state index in [2.05, 4.69) is 30.3 Å². The highest BCUT2D eigenvalue weighted by molar-refractivity contribution is 7.10. The third kappa shape index (κ3) is 3.78. The molecule has 0 spiro atoms. The van der Waals surface area contributed by atoms with Crippen LogP contribution in [0.5, 0.6) is 0 Å². The summed E-state index contributed by atoms with van der Waals surface area (Å²) in [5, 5.41) is 5.66. The average Bonchev–Trinajstić information content (AvgIpc) is 2.99. The predicted octanol–water partition coefficient (Wildman–Crippen LogP) is 2.03. The highest BCUT2D eigenvalue weighted by Crippen LogP contribution is 2.25. The second kappa shape index (κ2) is 6.50. The maximum atomic E-state index is 11.6. The zero-order chi connectivity index (χ0) is 13.8. The van der Waals surface area contributed by atoms with Gasteiger partial charge in [0.2, 0.25) is 0 Å². The first-order valence-electron chi connectivity index (χ1n) is 6.66. The lowest BCUT2D eigenvalue weighted by atomic mass is 10.1. The van der Waals surface area contributed by atoms with Crippen LogP contribution in [0.2, 0.25) is 0 Å². The van der Waals surface area contributed by atoms with Crippen molar-refractivity contribution in [3.63, 3.8) is 0 Å². The topological polar surface area (TPSA) is 41.6 Å². The Bertz CT molecular complexity index is 398. The first-order valence-corrected chi connectivity index (χ1v) is 7.54. The molecular weight excluding hydrogens is 260 g/mol. The highest BCUT2D eigenvalue weighted by Gasteiger charge is 2.29. The van der Waals surface area contributed by atoms with Crippen LogP contribution in [0.4, 0.5) is 0 Å². The van der Waals surface area contributed by atoms with E-state index in [0.29, 0.717) is 18.5 Å². The smallest absolute Gasteiger partial charge is 0.307 e. The molecule has 0 aliphatic carbocycles. The van der Waals surface area contributed by atoms with E-state index in [0.717, 1.165) is 13.0 Å². The number of methoxy groups -OCH3 is 1. The fraction of sp³-hybridized carbons (Fsp3) is 0.643. The van der Waals surface area contributed by atoms with Crippen LogP contribution in [-0.4, -0.2) is 43.7 Å². The van der Waals surface area contributed by atoms with Gasteiger partial charge in [0.1, 0.15) is 0 Å². The number of carbonyl (C=O) groups excluding carboxylic acids is 1. The van der Waals surface area contributed by atoms with Crippen LogP contribution in [0.1, 0.15) is 30.7 Å². The number of likely N-dealkylation sites (tertiary alicyclic amines) is 1. The van der Waals surface area contributed by atoms with Crippen molar-refractivity contribution < 1.29 is 9.53 Å². The van der Waals surface area contributed by atoms with Gasteiger partial charge in [0.05, 0.1) is 19.6 Å². The van der Waals surface area contributed by atoms with E-state index in [4.69, 9.17) is 4.74 Å². The molecule has 106 valence electrons. The molecule has 4 nitrogen and oxygen atoms in total. The van der Waals surface area contributed by atoms with Gasteiger partial charge >= 0.3 is 5.97 Å². The monoisotopic (exact) mass is 282 g/mol. The Morgan fingerprint density at radius 2 is 2.47 bits per heavy atom. The lowest BCUT2D eigenvalue weighted by molar-refractivity contribution is -0.141. The van der Waals surface area contributed by atoms with Crippen LogP contribution in [0.3, 0.4) is 0 Å². The van der Waals surface area contributed by atoms with E-state index in [9.17, 15) is 4.79 Å². The summed E-state index contributed by atoms with van der Waals surface area (Å²) >= 11 is 1.68. The van der Waals surface area contributed by atoms with Gasteiger partial charge in [0, 0.05) is 23.5 Å². The molecule has 1 N–H and O–H groups in total. The van der Waals surface area contributed by atoms with Gasteiger partial charge in [-0.1, -0.05) is 6.07 Å². The van der Waals surface area contributed by atoms with E-state index in [1.807, 2.05) is 11.4 Å². The van der Waals surface area contributed by atoms with Crippen molar-refractivity contribution in [2.75, 3.05) is 20.7 Å². The SMILES string of the molecule is COC(=O)CC(NC1CC(C)N(C)C1)c1cccs1. The molecule has 0 radical (unpaired) electrons. The van der Waals surface area contributed by atoms with Crippen LogP contribution in [0.15, 0.2) is 17.5 Å². The summed E-state index contributed by atoms with van der Waals surface area (Å²) in [6.07, 6.45) is 1.52. The number of ether oxygens (including phenoxy) is 1. The van der Waals surface area contributed by atoms with E-state index >= 15 is 0 Å². The van der Waals surface area contributed by atoms with E-state index < -0.39 is 0 Å². The second-order valence-corrected chi connectivity index (χ2v) is 6.22. The summed E-state index contributed by atoms with van der Waals surface area (Å²) < 4.78 is 4.80. The van der Waals surface area contributed by atoms with Crippen LogP contribution in [0.25, 0.3) is 0 Å². The minimum Gasteiger partial charge on any atom is -0.469 e. The molecule has 19 heavy (non-hydrogen) atoms. The number of nitrogens with zero attached hydrogens (tertiary/aromatic N) is 1. The minimum absolute atomic E-state index is 0.0659. The van der Waals surface area contributed by atoms with Crippen molar-refractivity contribution in [2.24, 2.45) is 0 Å². The fourth-order valence-corrected chi connectivity index (χ4v) is 3.37. The van der Waals surface area contributed by atoms with Gasteiger partial charge in [0.25, 0.3) is 0 Å². The molecule has 2 rings (SSSR count). The quantitative estimate of drug-likeness (QED) is 0.839. The highest BCUT2D eigenvalue weighted by atomic mass is 32.1. The number of rotatable bonds is 5. The molecule has 1 aromatic rings. The Kier molecular flexibility index (Phi) is 4.96. The summed E-state index contributed by atoms with van der Waals surface area (Å²) in [4.78, 5) is 15.1. The van der Waals surface area contributed by atoms with Crippen molar-refractivity contribution >= 4 is 17.3 Å². The molecule has 1 saturated heterocycles. The first kappa shape index (κ1) is 14.5. The van der Waals surface area contributed by atoms with Crippen LogP contribution in [0, 0.1) is 0 Å². The maximum Gasteiger partial charge on any atom is 0.307 e. The molecule has 0 saturated carbocycles. The summed E-state index contributed by atoms with van der Waals surface area (Å²) in [7, 11) is 3.59. The molecule has 0 aromatic carbocycles. The molecular formula is C14H22N2O2S. The number of likely N-dealkylation sites (N-methyl/N-ethyl adjacent to an activating group) is 1. The number of thiophene rings is 1. The number of nitrogens with one attached hydrogen (secondary N) is 1. The van der Waals surface area contributed by atoms with Gasteiger partial charge in [0.15, 0.2) is 0 Å². The van der Waals surface area contributed by atoms with Gasteiger partial charge < -0.3 is 15.0 Å². The summed E-state index contributed by atoms with van der Waals surface area (Å²) in [6.45, 7) is 3.27. The van der Waals surface area contributed by atoms with E-state index in [1.165, 1.54) is 12.0 Å². The Balaban J connectivity index is 2.00. The molecule has 2 heterocycles. The van der Waals surface area contributed by atoms with Gasteiger partial charge in [-0.05, 0) is 31.8 Å². The second-order valence-electron chi connectivity index (χ2n) is 5.24. The third-order valence-electron chi connectivity index (χ3n) is 3.81. The van der Waals surface area contributed by atoms with Crippen LogP contribution < -0.4 is 5.32 Å². The van der Waals surface area contributed by atoms with Crippen molar-refractivity contribution in [1.82, 2.24) is 10.2 Å². The van der Waals surface area contributed by atoms with E-state index in [1.54, 1.807) is 11.3 Å². The van der Waals surface area contributed by atoms with Gasteiger partial charge in [-0.15, -0.1) is 11.3 Å². The molecule has 3 atom stereocenters. The first-order chi connectivity index (χ1) is 9.10. The standard InChI is InChI=1S/C14H22N2O2S/c1-10-7-11(9-16(10)2)15-12(8-14(17)18-3)13-5-4-6-19-13/h4-6,10-12,15H,7-9H2,1-3H3. The van der Waals surface area contributed by atoms with Crippen LogP contribution >= 0.6 is 11.3 Å². The molecule has 1 aromatic heterocycles. The molecule has 1 fully saturated rings. The lowest BCUT2D eigenvalue weighted by Crippen LogP contribution is -2.35. The Morgan fingerprint density at radius 1 is 1.68 bits per heavy atom. The van der Waals surface area contributed by atoms with Gasteiger partial charge in [-0.3, -0.25) is 4.79 Å². The molecule has 1 aliphatic heterocycles. The normalized spacial score (nSPS) is 25.4. The molecule has 3 unspecified atom stereocenters. The minimum atomic E-state index is -0.162. The maximum absolute atomic E-state index is 11.6. The van der Waals surface area contributed by atoms with Crippen molar-refractivity contribution in [2.45, 2.75) is 37.9 Å². The summed E-state index contributed by atoms with van der Waals surface area (Å²) in [5.41, 5.74) is 0. The van der Waals surface area contributed by atoms with Crippen molar-refractivity contribution in [1.29, 1.82) is 0 Å². The number of esters is 1. The molecule has 0 amide bonds. The van der Waals surface area contributed by atoms with Gasteiger partial charge in [-0.2, -0.15) is 0 Å². The number of hydrogen-bond acceptors (Lipinski definition) is 5. The Morgan fingerprint density at radius 3 is 3.00 bits per heavy atom. The predicted molar refractivity (Wildman–Crippen MR) is 77.3 cm³/mol. The van der Waals surface area contributed by atoms with Crippen molar-refractivity contribution in [3.05, 3.63) is 22.4 Å². The molecule has 5 heteroatoms. The van der Waals surface area contributed by atoms with E-state index in [-0.39, 0.29) is 12.0 Å². The zero-order valence-corrected chi connectivity index (χ0v) is 12.6. The largest absolute Gasteiger partial charge is 0.469 e. The summed E-state index contributed by atoms with van der Waals surface area (Å²) in [6, 6.07) is 5.20. The zero-order valence-electron chi connectivity index (χ0n) is 11.8. The number of carbonyl (C=O) groups is 1. The Labute approximate surface area is 118 Å². The third-order valence-corrected chi connectivity index (χ3v) is 4.79. The molecule has 1 aliphatic rings. The number of hydrogen-bond donors (Lipinski definition) is 1. The fourth-order valence-electron chi connectivity index (χ4n) is 2.58. The Hall–Kier alpha value is -0.910. The molecule has 0 bridgehead atoms.